The van der Waals surface area contributed by atoms with Gasteiger partial charge in [-0.1, -0.05) is 18.2 Å². The normalized spacial score (nSPS) is 15.5. The van der Waals surface area contributed by atoms with E-state index in [4.69, 9.17) is 4.74 Å². The first kappa shape index (κ1) is 12.3. The number of morpholine rings is 1. The van der Waals surface area contributed by atoms with Crippen LogP contribution in [0.4, 0.5) is 5.82 Å². The van der Waals surface area contributed by atoms with Gasteiger partial charge in [0.25, 0.3) is 0 Å². The lowest BCUT2D eigenvalue weighted by atomic mass is 10.1. The van der Waals surface area contributed by atoms with Gasteiger partial charge in [-0.2, -0.15) is 5.10 Å². The van der Waals surface area contributed by atoms with E-state index in [2.05, 4.69) is 38.3 Å². The van der Waals surface area contributed by atoms with Gasteiger partial charge < -0.3 is 9.64 Å². The molecule has 2 aromatic heterocycles. The topological polar surface area (TPSA) is 54.0 Å². The molecule has 0 radical (unpaired) electrons. The molecule has 1 aliphatic rings. The molecular weight excluding hydrogens is 264 g/mol. The number of nitrogens with zero attached hydrogens (tertiary/aromatic N) is 3. The average molecular weight is 280 g/mol. The van der Waals surface area contributed by atoms with Crippen LogP contribution < -0.4 is 4.90 Å². The van der Waals surface area contributed by atoms with Crippen molar-refractivity contribution in [1.29, 1.82) is 0 Å². The Morgan fingerprint density at radius 2 is 1.90 bits per heavy atom. The number of aromatic nitrogens is 3. The van der Waals surface area contributed by atoms with Gasteiger partial charge in [0.05, 0.1) is 18.7 Å². The van der Waals surface area contributed by atoms with Crippen LogP contribution in [0.5, 0.6) is 0 Å². The summed E-state index contributed by atoms with van der Waals surface area (Å²) < 4.78 is 5.37. The maximum absolute atomic E-state index is 5.37. The van der Waals surface area contributed by atoms with Crippen LogP contribution in [-0.2, 0) is 4.74 Å². The van der Waals surface area contributed by atoms with Crippen molar-refractivity contribution in [3.8, 4) is 11.3 Å². The monoisotopic (exact) mass is 280 g/mol. The third kappa shape index (κ3) is 2.25. The first-order valence-electron chi connectivity index (χ1n) is 7.14. The highest BCUT2D eigenvalue weighted by atomic mass is 16.5. The van der Waals surface area contributed by atoms with Crippen LogP contribution in [0, 0.1) is 0 Å². The largest absolute Gasteiger partial charge is 0.378 e. The van der Waals surface area contributed by atoms with Crippen molar-refractivity contribution in [1.82, 2.24) is 15.2 Å². The Kier molecular flexibility index (Phi) is 3.05. The minimum atomic E-state index is 0.771. The van der Waals surface area contributed by atoms with Crippen LogP contribution >= 0.6 is 0 Å². The maximum Gasteiger partial charge on any atom is 0.128 e. The Morgan fingerprint density at radius 3 is 2.71 bits per heavy atom. The van der Waals surface area contributed by atoms with Crippen molar-refractivity contribution in [3.05, 3.63) is 42.6 Å². The fourth-order valence-electron chi connectivity index (χ4n) is 2.69. The number of anilines is 1. The smallest absolute Gasteiger partial charge is 0.128 e. The Morgan fingerprint density at radius 1 is 1.05 bits per heavy atom. The molecule has 1 saturated heterocycles. The molecule has 0 aliphatic carbocycles. The van der Waals surface area contributed by atoms with E-state index in [1.165, 1.54) is 0 Å². The quantitative estimate of drug-likeness (QED) is 0.783. The number of nitrogens with one attached hydrogen (secondary N) is 1. The minimum Gasteiger partial charge on any atom is -0.378 e. The van der Waals surface area contributed by atoms with Crippen LogP contribution in [0.1, 0.15) is 0 Å². The number of pyridine rings is 1. The Labute approximate surface area is 122 Å². The van der Waals surface area contributed by atoms with Crippen molar-refractivity contribution < 1.29 is 4.74 Å². The van der Waals surface area contributed by atoms with Crippen LogP contribution in [0.15, 0.2) is 42.6 Å². The molecule has 1 aliphatic heterocycles. The van der Waals surface area contributed by atoms with E-state index in [-0.39, 0.29) is 0 Å². The number of hydrogen-bond acceptors (Lipinski definition) is 4. The van der Waals surface area contributed by atoms with Crippen LogP contribution in [-0.4, -0.2) is 41.5 Å². The van der Waals surface area contributed by atoms with Crippen molar-refractivity contribution in [3.63, 3.8) is 0 Å². The summed E-state index contributed by atoms with van der Waals surface area (Å²) in [7, 11) is 0. The summed E-state index contributed by atoms with van der Waals surface area (Å²) in [6, 6.07) is 12.3. The summed E-state index contributed by atoms with van der Waals surface area (Å²) in [5.41, 5.74) is 3.03. The third-order valence-electron chi connectivity index (χ3n) is 3.83. The van der Waals surface area contributed by atoms with Gasteiger partial charge in [0.15, 0.2) is 0 Å². The predicted octanol–water partition coefficient (Wildman–Crippen LogP) is 2.46. The number of para-hydroxylation sites is 1. The molecule has 0 amide bonds. The summed E-state index contributed by atoms with van der Waals surface area (Å²) in [5.74, 6) is 1.00. The summed E-state index contributed by atoms with van der Waals surface area (Å²) in [6.07, 6.45) is 1.90. The van der Waals surface area contributed by atoms with Gasteiger partial charge in [0.2, 0.25) is 0 Å². The molecular formula is C16H16N4O. The van der Waals surface area contributed by atoms with Gasteiger partial charge in [0.1, 0.15) is 11.5 Å². The number of fused-ring (bicyclic) bond motifs is 1. The molecule has 106 valence electrons. The van der Waals surface area contributed by atoms with Crippen molar-refractivity contribution >= 4 is 16.7 Å². The van der Waals surface area contributed by atoms with E-state index in [1.54, 1.807) is 0 Å². The molecule has 4 rings (SSSR count). The second-order valence-electron chi connectivity index (χ2n) is 5.12. The molecule has 0 bridgehead atoms. The van der Waals surface area contributed by atoms with E-state index in [9.17, 15) is 0 Å². The molecule has 0 saturated carbocycles. The fourth-order valence-corrected chi connectivity index (χ4v) is 2.69. The molecule has 1 N–H and O–H groups in total. The van der Waals surface area contributed by atoms with Crippen LogP contribution in [0.3, 0.4) is 0 Å². The van der Waals surface area contributed by atoms with Gasteiger partial charge in [-0.25, -0.2) is 4.98 Å². The third-order valence-corrected chi connectivity index (χ3v) is 3.83. The highest BCUT2D eigenvalue weighted by Gasteiger charge is 2.13. The highest BCUT2D eigenvalue weighted by Crippen LogP contribution is 2.26. The van der Waals surface area contributed by atoms with Gasteiger partial charge in [-0.15, -0.1) is 0 Å². The lowest BCUT2D eigenvalue weighted by Crippen LogP contribution is -2.36. The van der Waals surface area contributed by atoms with Gasteiger partial charge in [0, 0.05) is 30.2 Å². The molecule has 0 spiro atoms. The summed E-state index contributed by atoms with van der Waals surface area (Å²) in [4.78, 5) is 6.83. The second kappa shape index (κ2) is 5.18. The first-order valence-corrected chi connectivity index (χ1v) is 7.14. The van der Waals surface area contributed by atoms with E-state index in [0.717, 1.165) is 54.3 Å². The van der Waals surface area contributed by atoms with Gasteiger partial charge in [-0.05, 0) is 18.2 Å². The molecule has 3 aromatic rings. The zero-order chi connectivity index (χ0) is 14.1. The molecule has 5 nitrogen and oxygen atoms in total. The predicted molar refractivity (Wildman–Crippen MR) is 82.4 cm³/mol. The van der Waals surface area contributed by atoms with E-state index in [0.29, 0.717) is 0 Å². The standard InChI is InChI=1S/C16H16N4O/c1-2-4-14-13(3-1)16(19-18-14)12-5-6-15(17-11-12)20-7-9-21-10-8-20/h1-6,11H,7-10H2,(H,18,19). The molecule has 5 heteroatoms. The maximum atomic E-state index is 5.37. The van der Waals surface area contributed by atoms with Crippen LogP contribution in [0.2, 0.25) is 0 Å². The zero-order valence-corrected chi connectivity index (χ0v) is 11.6. The fraction of sp³-hybridized carbons (Fsp3) is 0.250. The van der Waals surface area contributed by atoms with Gasteiger partial charge in [-0.3, -0.25) is 5.10 Å². The number of H-pyrrole nitrogens is 1. The second-order valence-corrected chi connectivity index (χ2v) is 5.12. The molecule has 0 atom stereocenters. The summed E-state index contributed by atoms with van der Waals surface area (Å²) in [6.45, 7) is 3.34. The average Bonchev–Trinajstić information content (AvgIpc) is 3.00. The number of rotatable bonds is 2. The number of aromatic amines is 1. The van der Waals surface area contributed by atoms with E-state index in [1.807, 2.05) is 24.4 Å². The highest BCUT2D eigenvalue weighted by molar-refractivity contribution is 5.92. The zero-order valence-electron chi connectivity index (χ0n) is 11.6. The summed E-state index contributed by atoms with van der Waals surface area (Å²) >= 11 is 0. The van der Waals surface area contributed by atoms with Gasteiger partial charge >= 0.3 is 0 Å². The molecule has 3 heterocycles. The number of benzene rings is 1. The molecule has 1 fully saturated rings. The lowest BCUT2D eigenvalue weighted by molar-refractivity contribution is 0.122. The molecule has 21 heavy (non-hydrogen) atoms. The molecule has 0 unspecified atom stereocenters. The van der Waals surface area contributed by atoms with E-state index < -0.39 is 0 Å². The first-order chi connectivity index (χ1) is 10.4. The number of ether oxygens (including phenoxy) is 1. The Hall–Kier alpha value is -2.40. The van der Waals surface area contributed by atoms with Crippen molar-refractivity contribution in [2.45, 2.75) is 0 Å². The van der Waals surface area contributed by atoms with E-state index >= 15 is 0 Å². The Bertz CT molecular complexity index is 744. The van der Waals surface area contributed by atoms with Crippen molar-refractivity contribution in [2.24, 2.45) is 0 Å². The number of hydrogen-bond donors (Lipinski definition) is 1. The molecule has 1 aromatic carbocycles. The minimum absolute atomic E-state index is 0.771. The van der Waals surface area contributed by atoms with Crippen LogP contribution in [0.25, 0.3) is 22.2 Å². The van der Waals surface area contributed by atoms with Crippen molar-refractivity contribution in [2.75, 3.05) is 31.2 Å². The SMILES string of the molecule is c1ccc2c(-c3ccc(N4CCOCC4)nc3)n[nH]c2c1. The summed E-state index contributed by atoms with van der Waals surface area (Å²) in [5, 5.41) is 8.59. The Balaban J connectivity index is 1.67. The lowest BCUT2D eigenvalue weighted by Gasteiger charge is -2.27.